The zero-order valence-corrected chi connectivity index (χ0v) is 48.5. The van der Waals surface area contributed by atoms with E-state index >= 15 is 4.79 Å². The van der Waals surface area contributed by atoms with E-state index in [0.717, 1.165) is 93.7 Å². The molecule has 4 saturated heterocycles. The molecular formula is C64H100N7O6+. The maximum atomic E-state index is 15.0. The monoisotopic (exact) mass is 1060 g/mol. The molecule has 2 bridgehead atoms. The Labute approximate surface area is 464 Å². The van der Waals surface area contributed by atoms with E-state index < -0.39 is 0 Å². The molecule has 6 heterocycles. The number of amides is 2. The largest absolute Gasteiger partial charge is 0.497 e. The molecule has 2 aromatic heterocycles. The van der Waals surface area contributed by atoms with Crippen LogP contribution in [-0.4, -0.2) is 129 Å². The number of rotatable bonds is 36. The van der Waals surface area contributed by atoms with Crippen LogP contribution in [0.5, 0.6) is 11.6 Å². The highest BCUT2D eigenvalue weighted by Crippen LogP contribution is 2.45. The molecule has 426 valence electrons. The lowest BCUT2D eigenvalue weighted by atomic mass is 9.85. The van der Waals surface area contributed by atoms with E-state index in [1.54, 1.807) is 13.3 Å². The van der Waals surface area contributed by atoms with E-state index in [9.17, 15) is 9.59 Å². The lowest BCUT2D eigenvalue weighted by Crippen LogP contribution is -2.67. The average Bonchev–Trinajstić information content (AvgIpc) is 4.31. The fourth-order valence-electron chi connectivity index (χ4n) is 12.4. The summed E-state index contributed by atoms with van der Waals surface area (Å²) in [5.41, 5.74) is 3.43. The molecule has 3 aromatic rings. The Morgan fingerprint density at radius 2 is 1.44 bits per heavy atom. The van der Waals surface area contributed by atoms with Gasteiger partial charge in [0, 0.05) is 82.7 Å². The molecule has 13 heteroatoms. The van der Waals surface area contributed by atoms with E-state index in [1.165, 1.54) is 134 Å². The number of nitrogens with one attached hydrogen (secondary N) is 1. The van der Waals surface area contributed by atoms with E-state index in [1.807, 2.05) is 67.3 Å². The number of methoxy groups -OCH3 is 1. The smallest absolute Gasteiger partial charge is 0.306 e. The number of aromatic nitrogens is 2. The molecule has 4 aliphatic heterocycles. The fourth-order valence-corrected chi connectivity index (χ4v) is 12.4. The van der Waals surface area contributed by atoms with Gasteiger partial charge in [-0.1, -0.05) is 110 Å². The lowest BCUT2D eigenvalue weighted by molar-refractivity contribution is -0.941. The first-order valence-corrected chi connectivity index (χ1v) is 30.7. The van der Waals surface area contributed by atoms with E-state index in [4.69, 9.17) is 19.2 Å². The number of pyridine rings is 2. The van der Waals surface area contributed by atoms with Gasteiger partial charge in [-0.25, -0.2) is 9.97 Å². The van der Waals surface area contributed by atoms with Crippen LogP contribution in [0.4, 0.5) is 11.5 Å². The van der Waals surface area contributed by atoms with Gasteiger partial charge in [-0.3, -0.25) is 24.2 Å². The number of hydrogen-bond acceptors (Lipinski definition) is 10. The minimum Gasteiger partial charge on any atom is -0.497 e. The molecule has 1 aliphatic carbocycles. The summed E-state index contributed by atoms with van der Waals surface area (Å²) in [5, 5.41) is 3.19. The molecule has 2 amide bonds. The molecule has 1 atom stereocenters. The number of unbranched alkanes of at least 4 members (excludes halogenated alkanes) is 14. The van der Waals surface area contributed by atoms with Crippen molar-refractivity contribution in [1.29, 1.82) is 0 Å². The number of piperidine rings is 1. The van der Waals surface area contributed by atoms with Crippen LogP contribution in [0.15, 0.2) is 54.7 Å². The molecule has 0 unspecified atom stereocenters. The normalized spacial score (nSPS) is 19.0. The molecule has 0 radical (unpaired) electrons. The second-order valence-electron chi connectivity index (χ2n) is 24.3. The van der Waals surface area contributed by atoms with Gasteiger partial charge in [-0.2, -0.15) is 0 Å². The standard InChI is InChI=1S/C64H99N7O6/c1-6-76-62(73)48-57(53-27-28-53)54-31-36-66-61(46-54)77-49-52-32-37-69(38-33-52)58-47-55(75-5)29-30-56(58)63(74)70(59-25-22-24-51(2)67-59)50-64(3,4)34-21-19-17-15-13-11-9-7-8-10-12-14-16-18-20-26-60(72)65-35-23-42-71-43-39-68(40-44-71)41-45-71/h22,24-25,29-31,36,46-47,52-53,57H,6-21,23,26-28,32-35,37-45,48-50H2,1-5H3/p+1/t57-/m0/s1. The van der Waals surface area contributed by atoms with Gasteiger partial charge in [0.2, 0.25) is 11.8 Å². The van der Waals surface area contributed by atoms with Gasteiger partial charge in [-0.05, 0) is 111 Å². The predicted octanol–water partition coefficient (Wildman–Crippen LogP) is 12.5. The number of anilines is 2. The number of ether oxygens (including phenoxy) is 3. The number of fused-ring (bicyclic) bond motifs is 3. The number of quaternary nitrogens is 1. The molecule has 1 N–H and O–H groups in total. The van der Waals surface area contributed by atoms with Crippen LogP contribution < -0.4 is 24.6 Å². The third-order valence-electron chi connectivity index (χ3n) is 17.5. The van der Waals surface area contributed by atoms with E-state index in [0.29, 0.717) is 61.7 Å². The first kappa shape index (κ1) is 59.9. The van der Waals surface area contributed by atoms with Gasteiger partial charge < -0.3 is 28.9 Å². The van der Waals surface area contributed by atoms with Crippen LogP contribution in [-0.2, 0) is 14.3 Å². The van der Waals surface area contributed by atoms with Gasteiger partial charge in [-0.15, -0.1) is 0 Å². The van der Waals surface area contributed by atoms with Gasteiger partial charge in [0.1, 0.15) is 11.6 Å². The highest BCUT2D eigenvalue weighted by molar-refractivity contribution is 6.09. The van der Waals surface area contributed by atoms with Gasteiger partial charge in [0.25, 0.3) is 5.91 Å². The summed E-state index contributed by atoms with van der Waals surface area (Å²) < 4.78 is 18.6. The predicted molar refractivity (Wildman–Crippen MR) is 311 cm³/mol. The van der Waals surface area contributed by atoms with Crippen molar-refractivity contribution in [2.75, 3.05) is 102 Å². The van der Waals surface area contributed by atoms with Crippen LogP contribution in [0.25, 0.3) is 0 Å². The second kappa shape index (κ2) is 31.1. The Morgan fingerprint density at radius 3 is 2.06 bits per heavy atom. The van der Waals surface area contributed by atoms with Crippen molar-refractivity contribution < 1.29 is 33.1 Å². The SMILES string of the molecule is CCOC(=O)C[C@H](c1ccnc(OCC2CCN(c3cc(OC)ccc3C(=O)N(CC(C)(C)CCCCCCCCCCCCCCCCCC(=O)NCCC[N+]34CCN(CC3)CC4)c3cccc(C)n3)CC2)c1)C1CC1. The highest BCUT2D eigenvalue weighted by atomic mass is 16.5. The molecule has 1 aromatic carbocycles. The van der Waals surface area contributed by atoms with Gasteiger partial charge in [0.05, 0.1) is 64.2 Å². The maximum Gasteiger partial charge on any atom is 0.306 e. The number of esters is 1. The minimum atomic E-state index is -0.147. The Kier molecular flexibility index (Phi) is 24.2. The minimum absolute atomic E-state index is 0.0372. The summed E-state index contributed by atoms with van der Waals surface area (Å²) in [6.07, 6.45) is 28.2. The fraction of sp³-hybridized carbons (Fsp3) is 0.703. The molecular weight excluding hydrogens is 963 g/mol. The third kappa shape index (κ3) is 19.8. The van der Waals surface area contributed by atoms with Gasteiger partial charge >= 0.3 is 5.97 Å². The van der Waals surface area contributed by atoms with Gasteiger partial charge in [0.15, 0.2) is 0 Å². The highest BCUT2D eigenvalue weighted by Gasteiger charge is 2.38. The van der Waals surface area contributed by atoms with E-state index in [2.05, 4.69) is 33.9 Å². The van der Waals surface area contributed by atoms with Crippen LogP contribution in [0.1, 0.15) is 196 Å². The number of hydrogen-bond donors (Lipinski definition) is 1. The summed E-state index contributed by atoms with van der Waals surface area (Å²) in [4.78, 5) is 56.1. The number of carbonyl (C=O) groups is 3. The van der Waals surface area contributed by atoms with Crippen molar-refractivity contribution >= 4 is 29.3 Å². The number of benzene rings is 1. The summed E-state index contributed by atoms with van der Waals surface area (Å²) in [6.45, 7) is 21.3. The van der Waals surface area contributed by atoms with E-state index in [-0.39, 0.29) is 29.1 Å². The van der Waals surface area contributed by atoms with Crippen molar-refractivity contribution in [1.82, 2.24) is 20.2 Å². The average molecular weight is 1060 g/mol. The van der Waals surface area contributed by atoms with Crippen LogP contribution in [0.3, 0.4) is 0 Å². The van der Waals surface area contributed by atoms with Crippen LogP contribution in [0.2, 0.25) is 0 Å². The number of aryl methyl sites for hydroxylation is 1. The number of piperazine rings is 3. The van der Waals surface area contributed by atoms with Crippen molar-refractivity contribution in [2.24, 2.45) is 17.3 Å². The Morgan fingerprint density at radius 1 is 0.792 bits per heavy atom. The van der Waals surface area contributed by atoms with Crippen LogP contribution in [0, 0.1) is 24.2 Å². The van der Waals surface area contributed by atoms with Crippen molar-refractivity contribution in [2.45, 2.75) is 181 Å². The Hall–Kier alpha value is -4.75. The van der Waals surface area contributed by atoms with Crippen molar-refractivity contribution in [3.63, 3.8) is 0 Å². The zero-order chi connectivity index (χ0) is 54.3. The lowest BCUT2D eigenvalue weighted by Gasteiger charge is -2.50. The van der Waals surface area contributed by atoms with Crippen LogP contribution >= 0.6 is 0 Å². The maximum absolute atomic E-state index is 15.0. The zero-order valence-electron chi connectivity index (χ0n) is 48.5. The summed E-state index contributed by atoms with van der Waals surface area (Å²) in [7, 11) is 1.68. The number of carbonyl (C=O) groups excluding carboxylic acids is 3. The molecule has 0 spiro atoms. The first-order valence-electron chi connectivity index (χ1n) is 30.7. The molecule has 5 fully saturated rings. The Bertz CT molecular complexity index is 2240. The van der Waals surface area contributed by atoms with Crippen molar-refractivity contribution in [3.05, 3.63) is 71.5 Å². The molecule has 77 heavy (non-hydrogen) atoms. The third-order valence-corrected chi connectivity index (χ3v) is 17.5. The summed E-state index contributed by atoms with van der Waals surface area (Å²) in [5.74, 6) is 3.07. The summed E-state index contributed by atoms with van der Waals surface area (Å²) >= 11 is 0. The molecule has 5 aliphatic rings. The first-order chi connectivity index (χ1) is 37.4. The summed E-state index contributed by atoms with van der Waals surface area (Å²) in [6, 6.07) is 15.8. The Balaban J connectivity index is 0.767. The second-order valence-corrected chi connectivity index (χ2v) is 24.3. The number of nitrogens with zero attached hydrogens (tertiary/aromatic N) is 6. The molecule has 8 rings (SSSR count). The molecule has 1 saturated carbocycles. The quantitative estimate of drug-likeness (QED) is 0.0342. The molecule has 13 nitrogen and oxygen atoms in total. The van der Waals surface area contributed by atoms with Crippen molar-refractivity contribution in [3.8, 4) is 11.6 Å². The topological polar surface area (TPSA) is 126 Å².